The van der Waals surface area contributed by atoms with Gasteiger partial charge in [0, 0.05) is 24.2 Å². The number of aliphatic hydroxyl groups excluding tert-OH is 3. The monoisotopic (exact) mass is 610 g/mol. The summed E-state index contributed by atoms with van der Waals surface area (Å²) in [4.78, 5) is 14.0. The lowest BCUT2D eigenvalue weighted by atomic mass is 9.90. The van der Waals surface area contributed by atoms with Gasteiger partial charge in [-0.15, -0.1) is 5.10 Å². The van der Waals surface area contributed by atoms with Crippen molar-refractivity contribution in [3.63, 3.8) is 0 Å². The van der Waals surface area contributed by atoms with Crippen molar-refractivity contribution in [2.75, 3.05) is 18.6 Å². The van der Waals surface area contributed by atoms with E-state index in [9.17, 15) is 42.1 Å². The Kier molecular flexibility index (Phi) is 8.68. The Balaban J connectivity index is 1.70. The number of hydrogen-bond acceptors (Lipinski definition) is 7. The van der Waals surface area contributed by atoms with Crippen LogP contribution in [-0.2, 0) is 15.7 Å². The minimum Gasteiger partial charge on any atom is -0.396 e. The Labute approximate surface area is 233 Å². The summed E-state index contributed by atoms with van der Waals surface area (Å²) in [6.07, 6.45) is -10.6. The van der Waals surface area contributed by atoms with E-state index in [0.29, 0.717) is 11.0 Å². The molecule has 0 spiro atoms. The lowest BCUT2D eigenvalue weighted by Crippen LogP contribution is -2.59. The Morgan fingerprint density at radius 2 is 1.77 bits per heavy atom. The number of ether oxygens (including phenoxy) is 1. The standard InChI is InChI=1S/C24H21Cl2F5N4O5/c1-34(16-8-11(25)2-3-12(16)24(29,30)31)23(39)22-21(38)19(20(37)17(40-22)4-5-36)35-9-15(32-33-35)10-6-13(27)18(26)14(28)7-10/h2-3,6-9,17,19-22,36-38H,4-5H2,1H3/t17-,19+,20+,21-,22-/m1/s1. The molecule has 3 aromatic rings. The predicted octanol–water partition coefficient (Wildman–Crippen LogP) is 3.62. The summed E-state index contributed by atoms with van der Waals surface area (Å²) < 4.78 is 75.3. The normalized spacial score (nSPS) is 23.3. The first-order valence-corrected chi connectivity index (χ1v) is 12.3. The zero-order chi connectivity index (χ0) is 29.5. The molecule has 0 unspecified atom stereocenters. The van der Waals surface area contributed by atoms with Gasteiger partial charge < -0.3 is 25.0 Å². The molecule has 5 atom stereocenters. The molecule has 3 N–H and O–H groups in total. The number of likely N-dealkylation sites (N-methyl/N-ethyl adjacent to an activating group) is 1. The van der Waals surface area contributed by atoms with Gasteiger partial charge in [0.15, 0.2) is 6.10 Å². The zero-order valence-electron chi connectivity index (χ0n) is 20.4. The molecule has 1 fully saturated rings. The van der Waals surface area contributed by atoms with Crippen molar-refractivity contribution in [3.8, 4) is 11.3 Å². The van der Waals surface area contributed by atoms with Crippen LogP contribution in [0.4, 0.5) is 27.6 Å². The summed E-state index contributed by atoms with van der Waals surface area (Å²) in [5.74, 6) is -3.27. The Hall–Kier alpha value is -2.88. The van der Waals surface area contributed by atoms with Gasteiger partial charge >= 0.3 is 6.18 Å². The summed E-state index contributed by atoms with van der Waals surface area (Å²) in [6, 6.07) is 2.91. The average molecular weight is 611 g/mol. The maximum absolute atomic E-state index is 14.0. The second-order valence-electron chi connectivity index (χ2n) is 8.97. The SMILES string of the molecule is CN(C(=O)[C@@H]1O[C@H](CCO)[C@H](O)[C@H](n2cc(-c3cc(F)c(Cl)c(F)c3)nn2)[C@H]1O)c1cc(Cl)ccc1C(F)(F)F. The van der Waals surface area contributed by atoms with Crippen LogP contribution < -0.4 is 4.90 Å². The minimum absolute atomic E-state index is 0.0819. The lowest BCUT2D eigenvalue weighted by molar-refractivity contribution is -0.200. The van der Waals surface area contributed by atoms with E-state index in [1.165, 1.54) is 0 Å². The molecule has 216 valence electrons. The van der Waals surface area contributed by atoms with Gasteiger partial charge in [0.2, 0.25) is 0 Å². The number of hydrogen-bond donors (Lipinski definition) is 3. The number of carbonyl (C=O) groups is 1. The number of nitrogens with zero attached hydrogens (tertiary/aromatic N) is 4. The summed E-state index contributed by atoms with van der Waals surface area (Å²) in [6.45, 7) is -0.514. The van der Waals surface area contributed by atoms with E-state index in [1.54, 1.807) is 0 Å². The highest BCUT2D eigenvalue weighted by Gasteiger charge is 2.50. The fourth-order valence-corrected chi connectivity index (χ4v) is 4.70. The molecule has 1 aliphatic rings. The second kappa shape index (κ2) is 11.5. The number of anilines is 1. The topological polar surface area (TPSA) is 121 Å². The van der Waals surface area contributed by atoms with Crippen LogP contribution in [0.25, 0.3) is 11.3 Å². The third kappa shape index (κ3) is 5.78. The van der Waals surface area contributed by atoms with Gasteiger partial charge in [-0.1, -0.05) is 28.4 Å². The number of rotatable bonds is 6. The van der Waals surface area contributed by atoms with Crippen molar-refractivity contribution >= 4 is 34.8 Å². The lowest BCUT2D eigenvalue weighted by Gasteiger charge is -2.43. The Morgan fingerprint density at radius 1 is 1.12 bits per heavy atom. The third-order valence-electron chi connectivity index (χ3n) is 6.42. The van der Waals surface area contributed by atoms with Crippen LogP contribution in [-0.4, -0.2) is 74.3 Å². The maximum atomic E-state index is 14.0. The van der Waals surface area contributed by atoms with Crippen LogP contribution in [0.3, 0.4) is 0 Å². The van der Waals surface area contributed by atoms with Gasteiger partial charge in [0.1, 0.15) is 40.6 Å². The Bertz CT molecular complexity index is 1390. The maximum Gasteiger partial charge on any atom is 0.418 e. The van der Waals surface area contributed by atoms with Crippen molar-refractivity contribution in [2.45, 2.75) is 43.1 Å². The summed E-state index contributed by atoms with van der Waals surface area (Å²) in [7, 11) is 1.03. The first-order valence-electron chi connectivity index (χ1n) is 11.6. The van der Waals surface area contributed by atoms with E-state index in [4.69, 9.17) is 27.9 Å². The molecule has 1 saturated heterocycles. The van der Waals surface area contributed by atoms with Crippen molar-refractivity contribution in [2.24, 2.45) is 0 Å². The fourth-order valence-electron chi connectivity index (χ4n) is 4.42. The van der Waals surface area contributed by atoms with Gasteiger partial charge in [-0.3, -0.25) is 4.79 Å². The molecule has 0 aliphatic carbocycles. The van der Waals surface area contributed by atoms with Gasteiger partial charge in [-0.2, -0.15) is 13.2 Å². The highest BCUT2D eigenvalue weighted by Crippen LogP contribution is 2.39. The number of carbonyl (C=O) groups excluding carboxylic acids is 1. The van der Waals surface area contributed by atoms with E-state index >= 15 is 0 Å². The summed E-state index contributed by atoms with van der Waals surface area (Å²) in [5, 5.41) is 38.3. The molecular weight excluding hydrogens is 590 g/mol. The van der Waals surface area contributed by atoms with Crippen LogP contribution in [0.1, 0.15) is 18.0 Å². The summed E-state index contributed by atoms with van der Waals surface area (Å²) >= 11 is 11.4. The minimum atomic E-state index is -4.85. The average Bonchev–Trinajstić information content (AvgIpc) is 3.37. The molecule has 0 bridgehead atoms. The molecule has 40 heavy (non-hydrogen) atoms. The van der Waals surface area contributed by atoms with Crippen LogP contribution in [0.2, 0.25) is 10.0 Å². The van der Waals surface area contributed by atoms with E-state index in [2.05, 4.69) is 10.3 Å². The molecule has 1 aromatic heterocycles. The molecule has 4 rings (SSSR count). The van der Waals surface area contributed by atoms with E-state index in [-0.39, 0.29) is 22.7 Å². The smallest absolute Gasteiger partial charge is 0.396 e. The molecule has 0 saturated carbocycles. The molecule has 2 aromatic carbocycles. The van der Waals surface area contributed by atoms with Crippen molar-refractivity contribution in [1.82, 2.24) is 15.0 Å². The van der Waals surface area contributed by atoms with E-state index < -0.39 is 77.1 Å². The number of aromatic nitrogens is 3. The number of amides is 1. The highest BCUT2D eigenvalue weighted by atomic mass is 35.5. The van der Waals surface area contributed by atoms with Gasteiger partial charge in [0.25, 0.3) is 5.91 Å². The molecule has 9 nitrogen and oxygen atoms in total. The van der Waals surface area contributed by atoms with E-state index in [0.717, 1.165) is 42.2 Å². The molecule has 2 heterocycles. The molecule has 1 aliphatic heterocycles. The van der Waals surface area contributed by atoms with Gasteiger partial charge in [0.05, 0.1) is 23.6 Å². The van der Waals surface area contributed by atoms with Crippen LogP contribution in [0.15, 0.2) is 36.5 Å². The number of benzene rings is 2. The quantitative estimate of drug-likeness (QED) is 0.288. The van der Waals surface area contributed by atoms with E-state index in [1.807, 2.05) is 0 Å². The van der Waals surface area contributed by atoms with Gasteiger partial charge in [-0.05, 0) is 36.8 Å². The molecule has 1 amide bonds. The fraction of sp³-hybridized carbons (Fsp3) is 0.375. The Morgan fingerprint density at radius 3 is 2.38 bits per heavy atom. The van der Waals surface area contributed by atoms with Crippen LogP contribution in [0.5, 0.6) is 0 Å². The van der Waals surface area contributed by atoms with Crippen molar-refractivity contribution < 1.29 is 46.8 Å². The predicted molar refractivity (Wildman–Crippen MR) is 132 cm³/mol. The number of aliphatic hydroxyl groups is 3. The van der Waals surface area contributed by atoms with Crippen molar-refractivity contribution in [1.29, 1.82) is 0 Å². The number of halogens is 7. The molecule has 16 heteroatoms. The largest absolute Gasteiger partial charge is 0.418 e. The first kappa shape index (κ1) is 30.1. The van der Waals surface area contributed by atoms with Crippen molar-refractivity contribution in [3.05, 3.63) is 63.8 Å². The van der Waals surface area contributed by atoms with Crippen LogP contribution in [0, 0.1) is 11.6 Å². The first-order chi connectivity index (χ1) is 18.7. The highest BCUT2D eigenvalue weighted by molar-refractivity contribution is 6.31. The second-order valence-corrected chi connectivity index (χ2v) is 9.79. The number of alkyl halides is 3. The van der Waals surface area contributed by atoms with Crippen LogP contribution >= 0.6 is 23.2 Å². The van der Waals surface area contributed by atoms with Gasteiger partial charge in [-0.25, -0.2) is 13.5 Å². The third-order valence-corrected chi connectivity index (χ3v) is 7.02. The zero-order valence-corrected chi connectivity index (χ0v) is 21.9. The molecule has 0 radical (unpaired) electrons. The summed E-state index contributed by atoms with van der Waals surface area (Å²) in [5.41, 5.74) is -1.96. The molecular formula is C24H21Cl2F5N4O5.